The van der Waals surface area contributed by atoms with E-state index in [9.17, 15) is 81.4 Å². The van der Waals surface area contributed by atoms with Crippen molar-refractivity contribution in [2.45, 2.75) is 130 Å². The lowest BCUT2D eigenvalue weighted by Crippen LogP contribution is -2.61. The number of fused-ring (bicyclic) bond motifs is 1. The van der Waals surface area contributed by atoms with Crippen LogP contribution < -0.4 is 14.2 Å². The van der Waals surface area contributed by atoms with Gasteiger partial charge in [0.15, 0.2) is 6.29 Å². The Morgan fingerprint density at radius 1 is 0.542 bits per heavy atom. The second-order valence-corrected chi connectivity index (χ2v) is 17.6. The minimum absolute atomic E-state index is 0.0373. The number of ether oxygens (including phenoxy) is 9. The average molecular weight is 1020 g/mol. The molecule has 0 bridgehead atoms. The summed E-state index contributed by atoms with van der Waals surface area (Å²) in [5.41, 5.74) is 0.100. The largest absolute Gasteiger partial charge is 0.508 e. The van der Waals surface area contributed by atoms with Gasteiger partial charge in [0.05, 0.1) is 36.5 Å². The van der Waals surface area contributed by atoms with Crippen LogP contribution in [0.3, 0.4) is 0 Å². The van der Waals surface area contributed by atoms with E-state index in [4.69, 9.17) is 47.0 Å². The number of carbonyl (C=O) groups is 1. The van der Waals surface area contributed by atoms with Crippen LogP contribution in [0.1, 0.15) is 17.3 Å². The van der Waals surface area contributed by atoms with Gasteiger partial charge in [-0.15, -0.1) is 0 Å². The molecule has 0 spiro atoms. The Morgan fingerprint density at radius 3 is 1.65 bits per heavy atom. The highest BCUT2D eigenvalue weighted by molar-refractivity contribution is 5.90. The average Bonchev–Trinajstić information content (AvgIpc) is 3.37. The zero-order valence-electron chi connectivity index (χ0n) is 37.7. The molecule has 0 aliphatic carbocycles. The van der Waals surface area contributed by atoms with Crippen LogP contribution in [-0.2, 0) is 28.4 Å². The predicted molar refractivity (Wildman–Crippen MR) is 233 cm³/mol. The summed E-state index contributed by atoms with van der Waals surface area (Å²) >= 11 is 0. The third kappa shape index (κ3) is 11.0. The van der Waals surface area contributed by atoms with Crippen LogP contribution in [0.5, 0.6) is 28.7 Å². The van der Waals surface area contributed by atoms with Gasteiger partial charge in [-0.05, 0) is 55.5 Å². The summed E-state index contributed by atoms with van der Waals surface area (Å²) in [4.78, 5) is 13.0. The van der Waals surface area contributed by atoms with Gasteiger partial charge in [0.1, 0.15) is 127 Å². The number of benzene rings is 3. The number of carbonyl (C=O) groups excluding carboxylic acids is 1. The molecular weight excluding hydrogens is 968 g/mol. The van der Waals surface area contributed by atoms with E-state index in [-0.39, 0.29) is 50.9 Å². The van der Waals surface area contributed by atoms with Gasteiger partial charge < -0.3 is 119 Å². The molecule has 0 amide bonds. The van der Waals surface area contributed by atoms with Gasteiger partial charge in [-0.3, -0.25) is 0 Å². The molecule has 72 heavy (non-hydrogen) atoms. The first-order valence-electron chi connectivity index (χ1n) is 22.5. The first kappa shape index (κ1) is 53.1. The lowest BCUT2D eigenvalue weighted by atomic mass is 9.98. The van der Waals surface area contributed by atoms with Gasteiger partial charge in [0.25, 0.3) is 0 Å². The quantitative estimate of drug-likeness (QED) is 0.0423. The van der Waals surface area contributed by atoms with Crippen LogP contribution in [0.15, 0.2) is 71.1 Å². The van der Waals surface area contributed by atoms with Crippen molar-refractivity contribution in [2.75, 3.05) is 19.8 Å². The molecule has 394 valence electrons. The highest BCUT2D eigenvalue weighted by atomic mass is 16.7. The number of hydrogen-bond acceptors (Lipinski definition) is 25. The summed E-state index contributed by atoms with van der Waals surface area (Å²) in [5.74, 6) is -2.11. The van der Waals surface area contributed by atoms with Crippen LogP contribution in [0.25, 0.3) is 22.3 Å². The normalized spacial score (nSPS) is 37.2. The molecule has 4 aromatic rings. The Balaban J connectivity index is 0.958. The van der Waals surface area contributed by atoms with Crippen LogP contribution in [0, 0.1) is 0 Å². The summed E-state index contributed by atoms with van der Waals surface area (Å²) in [6, 6.07) is 14.2. The van der Waals surface area contributed by atoms with Crippen LogP contribution in [0.2, 0.25) is 0 Å². The zero-order valence-corrected chi connectivity index (χ0v) is 37.7. The first-order chi connectivity index (χ1) is 34.2. The van der Waals surface area contributed by atoms with Crippen molar-refractivity contribution in [2.24, 2.45) is 0 Å². The molecule has 4 aliphatic rings. The summed E-state index contributed by atoms with van der Waals surface area (Å²) in [6.45, 7) is -0.522. The van der Waals surface area contributed by atoms with Crippen LogP contribution >= 0.6 is 0 Å². The third-order valence-corrected chi connectivity index (χ3v) is 12.6. The highest BCUT2D eigenvalue weighted by Crippen LogP contribution is 2.42. The minimum Gasteiger partial charge on any atom is -0.508 e. The summed E-state index contributed by atoms with van der Waals surface area (Å²) < 4.78 is 56.8. The number of hydrogen-bond donors (Lipinski definition) is 15. The van der Waals surface area contributed by atoms with Gasteiger partial charge >= 0.3 is 17.3 Å². The smallest absolute Gasteiger partial charge is 0.402 e. The van der Waals surface area contributed by atoms with E-state index in [0.717, 1.165) is 6.07 Å². The molecule has 4 saturated heterocycles. The van der Waals surface area contributed by atoms with E-state index in [1.807, 2.05) is 0 Å². The third-order valence-electron chi connectivity index (χ3n) is 12.6. The molecule has 8 rings (SSSR count). The lowest BCUT2D eigenvalue weighted by molar-refractivity contribution is -0.318. The van der Waals surface area contributed by atoms with Crippen molar-refractivity contribution in [3.63, 3.8) is 0 Å². The monoisotopic (exact) mass is 1020 g/mol. The predicted octanol–water partition coefficient (Wildman–Crippen LogP) is -3.96. The standard InChI is InChI=1S/C46H54O26/c1-16-29(50)33(54)37(58)43(65-16)64-15-28-32(53)36(57)40(61)46(72-28)69-25-12-22-23(49)10-21(11-24(22)68-41(25)17-2-6-19(48)7-3-17)67-45-39(60)35(56)31(52)27(71-45)14-63-42(62)18-4-8-20(9-5-18)66-44-38(59)34(55)30(51)26(13-47)70-44/h2-12,16,26-40,43-47,50-61H,13-15H2,1H3,(H-,48,49)/p+1/t16-,26+,27+,28-,29-,30+,31+,32+,33+,34-,35-,36-,37-,38+,39+,40+,43+,44+,45+,46+/m0/s1. The van der Waals surface area contributed by atoms with Gasteiger partial charge in [-0.25, -0.2) is 9.21 Å². The van der Waals surface area contributed by atoms with Crippen molar-refractivity contribution in [1.29, 1.82) is 0 Å². The fourth-order valence-corrected chi connectivity index (χ4v) is 8.26. The molecule has 26 heteroatoms. The Kier molecular flexibility index (Phi) is 16.3. The maximum atomic E-state index is 13.0. The zero-order chi connectivity index (χ0) is 51.9. The number of phenols is 2. The van der Waals surface area contributed by atoms with Gasteiger partial charge in [-0.2, -0.15) is 0 Å². The van der Waals surface area contributed by atoms with Gasteiger partial charge in [0, 0.05) is 12.1 Å². The topological polar surface area (TPSA) is 415 Å². The number of aliphatic hydroxyl groups excluding tert-OH is 13. The van der Waals surface area contributed by atoms with Crippen molar-refractivity contribution in [1.82, 2.24) is 0 Å². The Bertz CT molecular complexity index is 2460. The molecule has 26 nitrogen and oxygen atoms in total. The molecule has 1 aromatic heterocycles. The maximum absolute atomic E-state index is 13.0. The fraction of sp³-hybridized carbons (Fsp3) is 0.522. The molecule has 4 aliphatic heterocycles. The maximum Gasteiger partial charge on any atom is 0.402 e. The number of aromatic hydroxyl groups is 2. The Labute approximate surface area is 406 Å². The lowest BCUT2D eigenvalue weighted by Gasteiger charge is -2.42. The number of phenolic OH excluding ortho intramolecular Hbond substituents is 2. The van der Waals surface area contributed by atoms with E-state index in [2.05, 4.69) is 0 Å². The Hall–Kier alpha value is -5.18. The van der Waals surface area contributed by atoms with Crippen molar-refractivity contribution >= 4 is 16.9 Å². The fourth-order valence-electron chi connectivity index (χ4n) is 8.26. The second-order valence-electron chi connectivity index (χ2n) is 17.6. The van der Waals surface area contributed by atoms with Crippen LogP contribution in [0.4, 0.5) is 0 Å². The molecule has 3 aromatic carbocycles. The number of aliphatic hydroxyl groups is 13. The molecule has 15 N–H and O–H groups in total. The molecule has 4 fully saturated rings. The minimum atomic E-state index is -1.91. The highest BCUT2D eigenvalue weighted by Gasteiger charge is 2.50. The molecule has 0 saturated carbocycles. The summed E-state index contributed by atoms with van der Waals surface area (Å²) in [6.07, 6.45) is -32.6. The van der Waals surface area contributed by atoms with E-state index >= 15 is 0 Å². The van der Waals surface area contributed by atoms with Crippen LogP contribution in [-0.4, -0.2) is 225 Å². The van der Waals surface area contributed by atoms with E-state index in [1.165, 1.54) is 67.6 Å². The first-order valence-corrected chi connectivity index (χ1v) is 22.5. The van der Waals surface area contributed by atoms with Crippen molar-refractivity contribution in [3.8, 4) is 40.1 Å². The van der Waals surface area contributed by atoms with Gasteiger partial charge in [-0.1, -0.05) is 0 Å². The summed E-state index contributed by atoms with van der Waals surface area (Å²) in [7, 11) is 0. The van der Waals surface area contributed by atoms with E-state index in [1.54, 1.807) is 0 Å². The molecule has 0 radical (unpaired) electrons. The van der Waals surface area contributed by atoms with E-state index < -0.39 is 154 Å². The molecule has 20 atom stereocenters. The molecular formula is C46H55O26+. The van der Waals surface area contributed by atoms with E-state index in [0.29, 0.717) is 0 Å². The SMILES string of the molecule is C[C@@H]1O[C@@H](OC[C@@H]2O[C@@H](Oc3cc4c(O)cc(O[C@@H]5O[C@H](COC(=O)c6ccc(O[C@@H]7O[C@H](CO)[C@@H](O)[C@H](O)[C@H]7O)cc6)[C@@H](O)[C@H](O)[C@H]5O)cc4[o+]c3-c3ccc(O)cc3)[C@H](O)[C@@H](O)[C@@H]2O)[C@@H](O)[C@H](O)[C@H]1O. The Morgan fingerprint density at radius 2 is 1.06 bits per heavy atom. The summed E-state index contributed by atoms with van der Waals surface area (Å²) in [5, 5.41) is 157. The number of esters is 1. The van der Waals surface area contributed by atoms with Crippen molar-refractivity contribution < 1.29 is 128 Å². The van der Waals surface area contributed by atoms with Crippen molar-refractivity contribution in [3.05, 3.63) is 72.3 Å². The second kappa shape index (κ2) is 22.1. The van der Waals surface area contributed by atoms with Gasteiger partial charge in [0.2, 0.25) is 24.6 Å². The molecule has 0 unspecified atom stereocenters. The molecule has 5 heterocycles. The number of rotatable bonds is 14.